The zero-order valence-electron chi connectivity index (χ0n) is 15.5. The quantitative estimate of drug-likeness (QED) is 0.870. The van der Waals surface area contributed by atoms with E-state index >= 15 is 0 Å². The van der Waals surface area contributed by atoms with E-state index in [-0.39, 0.29) is 5.91 Å². The molecule has 3 rings (SSSR count). The summed E-state index contributed by atoms with van der Waals surface area (Å²) in [5.41, 5.74) is 2.74. The number of aryl methyl sites for hydroxylation is 1. The van der Waals surface area contributed by atoms with Crippen LogP contribution in [0.2, 0.25) is 0 Å². The van der Waals surface area contributed by atoms with Crippen LogP contribution < -0.4 is 0 Å². The van der Waals surface area contributed by atoms with Gasteiger partial charge in [0.1, 0.15) is 0 Å². The van der Waals surface area contributed by atoms with Crippen molar-refractivity contribution < 1.29 is 9.32 Å². The summed E-state index contributed by atoms with van der Waals surface area (Å²) in [6.45, 7) is 9.30. The molecule has 0 aliphatic heterocycles. The number of hydrogen-bond acceptors (Lipinski definition) is 5. The van der Waals surface area contributed by atoms with Crippen LogP contribution in [0.4, 0.5) is 0 Å². The van der Waals surface area contributed by atoms with Crippen LogP contribution >= 0.6 is 0 Å². The normalized spacial score (nSPS) is 16.9. The number of hydrogen-bond donors (Lipinski definition) is 1. The third kappa shape index (κ3) is 3.91. The summed E-state index contributed by atoms with van der Waals surface area (Å²) < 4.78 is 5.28. The van der Waals surface area contributed by atoms with E-state index in [9.17, 15) is 4.79 Å². The molecular formula is C18H27N5O2. The highest BCUT2D eigenvalue weighted by Crippen LogP contribution is 2.27. The molecule has 7 heteroatoms. The molecular weight excluding hydrogens is 318 g/mol. The van der Waals surface area contributed by atoms with Crippen molar-refractivity contribution >= 4 is 5.91 Å². The summed E-state index contributed by atoms with van der Waals surface area (Å²) in [5.74, 6) is 2.14. The van der Waals surface area contributed by atoms with Gasteiger partial charge in [0.2, 0.25) is 5.89 Å². The van der Waals surface area contributed by atoms with Crippen molar-refractivity contribution in [2.75, 3.05) is 6.54 Å². The number of aromatic nitrogens is 4. The highest BCUT2D eigenvalue weighted by Gasteiger charge is 2.28. The van der Waals surface area contributed by atoms with Gasteiger partial charge in [0.15, 0.2) is 11.5 Å². The molecule has 0 saturated heterocycles. The number of fused-ring (bicyclic) bond motifs is 1. The number of rotatable bonds is 6. The second kappa shape index (κ2) is 7.37. The number of amides is 1. The zero-order valence-corrected chi connectivity index (χ0v) is 15.5. The minimum absolute atomic E-state index is 0.0655. The number of aromatic amines is 1. The van der Waals surface area contributed by atoms with E-state index < -0.39 is 0 Å². The molecule has 0 fully saturated rings. The average Bonchev–Trinajstić information content (AvgIpc) is 3.17. The van der Waals surface area contributed by atoms with Crippen molar-refractivity contribution in [3.63, 3.8) is 0 Å². The van der Waals surface area contributed by atoms with E-state index in [0.29, 0.717) is 42.3 Å². The summed E-state index contributed by atoms with van der Waals surface area (Å²) in [4.78, 5) is 19.1. The molecule has 0 radical (unpaired) electrons. The first-order valence-corrected chi connectivity index (χ1v) is 9.14. The van der Waals surface area contributed by atoms with Gasteiger partial charge in [0.05, 0.1) is 6.54 Å². The maximum absolute atomic E-state index is 13.0. The van der Waals surface area contributed by atoms with Crippen molar-refractivity contribution in [2.24, 2.45) is 11.8 Å². The highest BCUT2D eigenvalue weighted by molar-refractivity contribution is 5.94. The molecule has 136 valence electrons. The first-order chi connectivity index (χ1) is 12.0. The average molecular weight is 345 g/mol. The van der Waals surface area contributed by atoms with Gasteiger partial charge in [-0.25, -0.2) is 0 Å². The summed E-state index contributed by atoms with van der Waals surface area (Å²) in [6.07, 6.45) is 3.76. The molecule has 1 aliphatic carbocycles. The van der Waals surface area contributed by atoms with Crippen LogP contribution in [0.5, 0.6) is 0 Å². The summed E-state index contributed by atoms with van der Waals surface area (Å²) in [7, 11) is 0. The topological polar surface area (TPSA) is 87.9 Å². The SMILES string of the molecule is CCN(Cc1noc(CC(C)C)n1)C(=O)c1n[nH]c2c1CC(C)CC2. The molecule has 2 aromatic rings. The van der Waals surface area contributed by atoms with Crippen molar-refractivity contribution in [3.05, 3.63) is 28.7 Å². The molecule has 1 unspecified atom stereocenters. The minimum Gasteiger partial charge on any atom is -0.339 e. The largest absolute Gasteiger partial charge is 0.339 e. The van der Waals surface area contributed by atoms with E-state index in [1.807, 2.05) is 6.92 Å². The maximum Gasteiger partial charge on any atom is 0.275 e. The smallest absolute Gasteiger partial charge is 0.275 e. The van der Waals surface area contributed by atoms with Gasteiger partial charge in [-0.2, -0.15) is 10.1 Å². The van der Waals surface area contributed by atoms with E-state index in [1.165, 1.54) is 0 Å². The van der Waals surface area contributed by atoms with Gasteiger partial charge in [-0.15, -0.1) is 0 Å². The van der Waals surface area contributed by atoms with Crippen molar-refractivity contribution in [2.45, 2.75) is 59.9 Å². The molecule has 2 aromatic heterocycles. The van der Waals surface area contributed by atoms with Gasteiger partial charge in [-0.1, -0.05) is 25.9 Å². The van der Waals surface area contributed by atoms with Crippen molar-refractivity contribution in [1.82, 2.24) is 25.2 Å². The lowest BCUT2D eigenvalue weighted by Crippen LogP contribution is -2.32. The summed E-state index contributed by atoms with van der Waals surface area (Å²) in [6, 6.07) is 0. The fourth-order valence-electron chi connectivity index (χ4n) is 3.28. The van der Waals surface area contributed by atoms with Gasteiger partial charge >= 0.3 is 0 Å². The molecule has 2 heterocycles. The Labute approximate surface area is 148 Å². The van der Waals surface area contributed by atoms with Crippen LogP contribution in [0.15, 0.2) is 4.52 Å². The van der Waals surface area contributed by atoms with E-state index in [0.717, 1.165) is 36.9 Å². The minimum atomic E-state index is -0.0655. The molecule has 1 aliphatic rings. The predicted molar refractivity (Wildman–Crippen MR) is 93.0 cm³/mol. The Morgan fingerprint density at radius 2 is 2.24 bits per heavy atom. The van der Waals surface area contributed by atoms with Gasteiger partial charge < -0.3 is 9.42 Å². The predicted octanol–water partition coefficient (Wildman–Crippen LogP) is 2.78. The number of nitrogens with zero attached hydrogens (tertiary/aromatic N) is 4. The van der Waals surface area contributed by atoms with E-state index in [4.69, 9.17) is 4.52 Å². The lowest BCUT2D eigenvalue weighted by molar-refractivity contribution is 0.0740. The van der Waals surface area contributed by atoms with Crippen LogP contribution in [0.3, 0.4) is 0 Å². The summed E-state index contributed by atoms with van der Waals surface area (Å²) >= 11 is 0. The number of nitrogens with one attached hydrogen (secondary N) is 1. The Kier molecular flexibility index (Phi) is 5.20. The number of carbonyl (C=O) groups excluding carboxylic acids is 1. The molecule has 0 saturated carbocycles. The highest BCUT2D eigenvalue weighted by atomic mass is 16.5. The first kappa shape index (κ1) is 17.6. The first-order valence-electron chi connectivity index (χ1n) is 9.14. The molecule has 0 spiro atoms. The van der Waals surface area contributed by atoms with Crippen LogP contribution in [-0.2, 0) is 25.8 Å². The third-order valence-electron chi connectivity index (χ3n) is 4.69. The molecule has 1 atom stereocenters. The molecule has 0 aromatic carbocycles. The third-order valence-corrected chi connectivity index (χ3v) is 4.69. The Bertz CT molecular complexity index is 734. The van der Waals surface area contributed by atoms with Gasteiger partial charge in [0, 0.05) is 24.2 Å². The lowest BCUT2D eigenvalue weighted by Gasteiger charge is -2.21. The number of H-pyrrole nitrogens is 1. The fraction of sp³-hybridized carbons (Fsp3) is 0.667. The zero-order chi connectivity index (χ0) is 18.0. The Morgan fingerprint density at radius 3 is 2.96 bits per heavy atom. The Morgan fingerprint density at radius 1 is 1.44 bits per heavy atom. The molecule has 1 N–H and O–H groups in total. The molecule has 1 amide bonds. The van der Waals surface area contributed by atoms with E-state index in [2.05, 4.69) is 41.1 Å². The van der Waals surface area contributed by atoms with Crippen molar-refractivity contribution in [3.8, 4) is 0 Å². The fourth-order valence-corrected chi connectivity index (χ4v) is 3.28. The van der Waals surface area contributed by atoms with Crippen molar-refractivity contribution in [1.29, 1.82) is 0 Å². The lowest BCUT2D eigenvalue weighted by atomic mass is 9.87. The van der Waals surface area contributed by atoms with Crippen LogP contribution in [-0.4, -0.2) is 37.7 Å². The summed E-state index contributed by atoms with van der Waals surface area (Å²) in [5, 5.41) is 11.4. The van der Waals surface area contributed by atoms with Crippen LogP contribution in [0.1, 0.15) is 67.6 Å². The van der Waals surface area contributed by atoms with E-state index in [1.54, 1.807) is 4.90 Å². The second-order valence-corrected chi connectivity index (χ2v) is 7.40. The van der Waals surface area contributed by atoms with Crippen LogP contribution in [0.25, 0.3) is 0 Å². The van der Waals surface area contributed by atoms with Crippen LogP contribution in [0, 0.1) is 11.8 Å². The molecule has 7 nitrogen and oxygen atoms in total. The Balaban J connectivity index is 1.74. The van der Waals surface area contributed by atoms with Gasteiger partial charge in [-0.05, 0) is 38.0 Å². The number of carbonyl (C=O) groups is 1. The standard InChI is InChI=1S/C18H27N5O2/c1-5-23(10-15-19-16(25-22-15)8-11(2)3)18(24)17-13-9-12(4)6-7-14(13)20-21-17/h11-12H,5-10H2,1-4H3,(H,20,21). The maximum atomic E-state index is 13.0. The van der Waals surface area contributed by atoms with Gasteiger partial charge in [0.25, 0.3) is 5.91 Å². The van der Waals surface area contributed by atoms with Gasteiger partial charge in [-0.3, -0.25) is 9.89 Å². The second-order valence-electron chi connectivity index (χ2n) is 7.40. The molecule has 0 bridgehead atoms. The molecule has 25 heavy (non-hydrogen) atoms. The monoisotopic (exact) mass is 345 g/mol. The Hall–Kier alpha value is -2.18.